The fourth-order valence-electron chi connectivity index (χ4n) is 5.70. The van der Waals surface area contributed by atoms with Crippen molar-refractivity contribution in [2.24, 2.45) is 10.9 Å². The number of guanidine groups is 1. The van der Waals surface area contributed by atoms with Crippen LogP contribution in [0.3, 0.4) is 0 Å². The number of rotatable bonds is 7. The highest BCUT2D eigenvalue weighted by atomic mass is 79.9. The Hall–Kier alpha value is -3.63. The minimum Gasteiger partial charge on any atom is -0.369 e. The molecule has 10 heteroatoms. The second-order valence-corrected chi connectivity index (χ2v) is 11.0. The van der Waals surface area contributed by atoms with Gasteiger partial charge >= 0.3 is 0 Å². The topological polar surface area (TPSA) is 96.7 Å². The van der Waals surface area contributed by atoms with Gasteiger partial charge in [0.15, 0.2) is 0 Å². The Bertz CT molecular complexity index is 1400. The smallest absolute Gasteiger partial charge is 0.243 e. The highest BCUT2D eigenvalue weighted by Gasteiger charge is 2.52. The van der Waals surface area contributed by atoms with Crippen molar-refractivity contribution < 1.29 is 9.18 Å². The number of anilines is 1. The number of pyridine rings is 1. The summed E-state index contributed by atoms with van der Waals surface area (Å²) < 4.78 is 13.3. The largest absolute Gasteiger partial charge is 0.369 e. The van der Waals surface area contributed by atoms with E-state index >= 15 is 0 Å². The monoisotopic (exact) mass is 589 g/mol. The van der Waals surface area contributed by atoms with Crippen LogP contribution in [0, 0.1) is 17.1 Å². The molecule has 1 aliphatic carbocycles. The first-order chi connectivity index (χ1) is 18.9. The quantitative estimate of drug-likeness (QED) is 0.205. The third-order valence-corrected chi connectivity index (χ3v) is 8.50. The molecule has 3 N–H and O–H groups in total. The predicted molar refractivity (Wildman–Crippen MR) is 153 cm³/mol. The molecule has 200 valence electrons. The summed E-state index contributed by atoms with van der Waals surface area (Å²) in [7, 11) is 1.75. The average molecular weight is 591 g/mol. The lowest BCUT2D eigenvalue weighted by molar-refractivity contribution is -0.130. The molecule has 3 aromatic rings. The molecule has 8 nitrogen and oxygen atoms in total. The third kappa shape index (κ3) is 4.83. The van der Waals surface area contributed by atoms with E-state index in [9.17, 15) is 14.6 Å². The summed E-state index contributed by atoms with van der Waals surface area (Å²) in [6, 6.07) is 20.8. The van der Waals surface area contributed by atoms with E-state index in [0.717, 1.165) is 36.1 Å². The number of fused-ring (bicyclic) bond motifs is 3. The van der Waals surface area contributed by atoms with Gasteiger partial charge in [-0.25, -0.2) is 9.38 Å². The standard InChI is InChI=1S/C29H29BrFN7O/c1-37-28(39)24(26(32)38-23-9-5-8-22(23)35-29(37)38)27(34-20-6-3-2-4-7-20)36-25(30)18-12-10-17(11-13-18)21-15-14-19(31)16-33-21/h2-4,6-7,10-16,22-25,27,32,34,36H,5,8-9H2,1H3/t22-,23+,24?,25?,27?/m1/s1. The van der Waals surface area contributed by atoms with Gasteiger partial charge < -0.3 is 5.32 Å². The molecule has 0 radical (unpaired) electrons. The second-order valence-electron chi connectivity index (χ2n) is 10.1. The van der Waals surface area contributed by atoms with Crippen LogP contribution in [-0.2, 0) is 4.79 Å². The van der Waals surface area contributed by atoms with Crippen LogP contribution in [0.15, 0.2) is 77.9 Å². The molecule has 39 heavy (non-hydrogen) atoms. The molecule has 5 atom stereocenters. The maximum atomic E-state index is 13.7. The number of nitrogens with zero attached hydrogens (tertiary/aromatic N) is 4. The normalized spacial score (nSPS) is 23.8. The number of amidine groups is 1. The molecule has 3 aliphatic rings. The van der Waals surface area contributed by atoms with Gasteiger partial charge in [0.1, 0.15) is 17.6 Å². The molecule has 6 rings (SSSR count). The van der Waals surface area contributed by atoms with Crippen LogP contribution in [0.2, 0.25) is 0 Å². The minimum atomic E-state index is -0.767. The molecule has 0 spiro atoms. The Balaban J connectivity index is 1.27. The van der Waals surface area contributed by atoms with Crippen LogP contribution in [0.1, 0.15) is 29.8 Å². The average Bonchev–Trinajstić information content (AvgIpc) is 3.55. The summed E-state index contributed by atoms with van der Waals surface area (Å²) in [6.45, 7) is 0. The molecule has 3 unspecified atom stereocenters. The van der Waals surface area contributed by atoms with E-state index in [1.165, 1.54) is 12.3 Å². The minimum absolute atomic E-state index is 0.135. The number of halogens is 2. The number of aliphatic imine (C=N–C) groups is 1. The zero-order valence-electron chi connectivity index (χ0n) is 21.4. The van der Waals surface area contributed by atoms with E-state index in [1.54, 1.807) is 18.0 Å². The number of nitrogens with one attached hydrogen (secondary N) is 3. The van der Waals surface area contributed by atoms with E-state index in [0.29, 0.717) is 11.7 Å². The van der Waals surface area contributed by atoms with Gasteiger partial charge in [-0.05, 0) is 49.1 Å². The SMILES string of the molecule is CN1C(=O)C(C(Nc2ccccc2)NC(Br)c2ccc(-c3ccc(F)cn3)cc2)C(=N)N2C1=N[C@@H]1CCC[C@@H]12. The van der Waals surface area contributed by atoms with E-state index in [1.807, 2.05) is 59.5 Å². The van der Waals surface area contributed by atoms with Crippen molar-refractivity contribution in [1.82, 2.24) is 20.1 Å². The number of para-hydroxylation sites is 1. The van der Waals surface area contributed by atoms with Gasteiger partial charge in [-0.3, -0.25) is 30.3 Å². The second kappa shape index (κ2) is 10.5. The number of hydrogen-bond acceptors (Lipinski definition) is 6. The van der Waals surface area contributed by atoms with Gasteiger partial charge in [-0.15, -0.1) is 0 Å². The van der Waals surface area contributed by atoms with E-state index in [-0.39, 0.29) is 34.6 Å². The molecular formula is C29H29BrFN7O. The van der Waals surface area contributed by atoms with Crippen molar-refractivity contribution >= 4 is 39.3 Å². The number of carbonyl (C=O) groups excluding carboxylic acids is 1. The molecular weight excluding hydrogens is 561 g/mol. The number of amides is 1. The summed E-state index contributed by atoms with van der Waals surface area (Å²) in [5, 5.41) is 16.2. The van der Waals surface area contributed by atoms with Gasteiger partial charge in [0.2, 0.25) is 11.9 Å². The van der Waals surface area contributed by atoms with E-state index in [4.69, 9.17) is 4.99 Å². The number of benzene rings is 2. The number of carbonyl (C=O) groups is 1. The number of alkyl halides is 1. The van der Waals surface area contributed by atoms with Gasteiger partial charge in [0.05, 0.1) is 35.1 Å². The highest BCUT2D eigenvalue weighted by Crippen LogP contribution is 2.37. The zero-order chi connectivity index (χ0) is 27.1. The van der Waals surface area contributed by atoms with E-state index in [2.05, 4.69) is 31.5 Å². The number of hydrogen-bond donors (Lipinski definition) is 3. The lowest BCUT2D eigenvalue weighted by atomic mass is 9.97. The van der Waals surface area contributed by atoms with Crippen molar-refractivity contribution in [3.8, 4) is 11.3 Å². The van der Waals surface area contributed by atoms with Crippen molar-refractivity contribution in [1.29, 1.82) is 5.41 Å². The van der Waals surface area contributed by atoms with Gasteiger partial charge in [-0.1, -0.05) is 58.4 Å². The molecule has 0 bridgehead atoms. The summed E-state index contributed by atoms with van der Waals surface area (Å²) >= 11 is 3.76. The van der Waals surface area contributed by atoms with Gasteiger partial charge in [0, 0.05) is 18.3 Å². The first-order valence-electron chi connectivity index (χ1n) is 13.1. The van der Waals surface area contributed by atoms with E-state index < -0.39 is 12.1 Å². The van der Waals surface area contributed by atoms with Gasteiger partial charge in [0.25, 0.3) is 0 Å². The fourth-order valence-corrected chi connectivity index (χ4v) is 6.29. The molecule has 1 saturated heterocycles. The molecule has 2 aromatic carbocycles. The van der Waals surface area contributed by atoms with Crippen LogP contribution in [0.5, 0.6) is 0 Å². The Morgan fingerprint density at radius 1 is 1.08 bits per heavy atom. The lowest BCUT2D eigenvalue weighted by Crippen LogP contribution is -2.65. The maximum Gasteiger partial charge on any atom is 0.243 e. The van der Waals surface area contributed by atoms with Crippen LogP contribution in [-0.4, -0.2) is 57.8 Å². The summed E-state index contributed by atoms with van der Waals surface area (Å²) in [4.78, 5) is 25.9. The van der Waals surface area contributed by atoms with Crippen LogP contribution >= 0.6 is 15.9 Å². The molecule has 1 amide bonds. The van der Waals surface area contributed by atoms with Crippen molar-refractivity contribution in [2.45, 2.75) is 42.5 Å². The Kier molecular flexibility index (Phi) is 6.90. The molecule has 3 heterocycles. The van der Waals surface area contributed by atoms with Crippen LogP contribution < -0.4 is 10.6 Å². The Morgan fingerprint density at radius 3 is 2.56 bits per heavy atom. The predicted octanol–water partition coefficient (Wildman–Crippen LogP) is 4.97. The van der Waals surface area contributed by atoms with Crippen LogP contribution in [0.4, 0.5) is 10.1 Å². The molecule has 1 saturated carbocycles. The molecule has 1 aromatic heterocycles. The van der Waals surface area contributed by atoms with Gasteiger partial charge in [-0.2, -0.15) is 0 Å². The lowest BCUT2D eigenvalue weighted by Gasteiger charge is -2.43. The van der Waals surface area contributed by atoms with Crippen LogP contribution in [0.25, 0.3) is 11.3 Å². The molecule has 2 aliphatic heterocycles. The first-order valence-corrected chi connectivity index (χ1v) is 14.0. The summed E-state index contributed by atoms with van der Waals surface area (Å²) in [5.74, 6) is -0.453. The molecule has 2 fully saturated rings. The maximum absolute atomic E-state index is 13.7. The summed E-state index contributed by atoms with van der Waals surface area (Å²) in [6.07, 6.45) is 3.65. The van der Waals surface area contributed by atoms with Crippen molar-refractivity contribution in [3.05, 3.63) is 84.3 Å². The zero-order valence-corrected chi connectivity index (χ0v) is 23.0. The van der Waals surface area contributed by atoms with Crippen molar-refractivity contribution in [2.75, 3.05) is 12.4 Å². The number of aromatic nitrogens is 1. The van der Waals surface area contributed by atoms with Crippen molar-refractivity contribution in [3.63, 3.8) is 0 Å². The Labute approximate surface area is 235 Å². The third-order valence-electron chi connectivity index (χ3n) is 7.70. The fraction of sp³-hybridized carbons (Fsp3) is 0.310. The first kappa shape index (κ1) is 25.6. The Morgan fingerprint density at radius 2 is 1.85 bits per heavy atom. The highest BCUT2D eigenvalue weighted by molar-refractivity contribution is 9.09. The summed E-state index contributed by atoms with van der Waals surface area (Å²) in [5.41, 5.74) is 3.33.